The molecule has 2 aliphatic rings. The first-order valence-corrected chi connectivity index (χ1v) is 9.61. The summed E-state index contributed by atoms with van der Waals surface area (Å²) in [4.78, 5) is 31.9. The van der Waals surface area contributed by atoms with E-state index >= 15 is 0 Å². The van der Waals surface area contributed by atoms with Gasteiger partial charge >= 0.3 is 0 Å². The third-order valence-electron chi connectivity index (χ3n) is 5.42. The van der Waals surface area contributed by atoms with Crippen molar-refractivity contribution >= 4 is 17.5 Å². The van der Waals surface area contributed by atoms with E-state index in [9.17, 15) is 9.90 Å². The molecule has 3 aromatic rings. The summed E-state index contributed by atoms with van der Waals surface area (Å²) in [6.45, 7) is 0.245. The van der Waals surface area contributed by atoms with E-state index in [1.807, 2.05) is 17.0 Å². The van der Waals surface area contributed by atoms with Crippen molar-refractivity contribution in [1.29, 1.82) is 0 Å². The number of nitrogens with one attached hydrogen (secondary N) is 2. The highest BCUT2D eigenvalue weighted by Crippen LogP contribution is 2.34. The van der Waals surface area contributed by atoms with E-state index in [0.29, 0.717) is 28.8 Å². The normalized spacial score (nSPS) is 21.6. The summed E-state index contributed by atoms with van der Waals surface area (Å²) in [5, 5.41) is 19.2. The molecular formula is C19H22N8O2. The molecule has 3 aromatic heterocycles. The Labute approximate surface area is 167 Å². The molecule has 0 spiro atoms. The number of rotatable bonds is 3. The minimum Gasteiger partial charge on any atom is -0.393 e. The standard InChI is InChI=1S/C19H20N8O2.H2/c28-13-4-2-12(3-5-13)27-9-16(29)25-18-19(27)24-15(8-21-18)11-1-6-14(20-7-11)17-22-10-23-26-17;/h1,6-8,10,12-13,28H,2-5,9H2,(H,21,25,29)(H,22,23,26);1H. The van der Waals surface area contributed by atoms with Gasteiger partial charge < -0.3 is 15.3 Å². The number of pyridine rings is 1. The molecule has 1 aliphatic heterocycles. The number of H-pyrrole nitrogens is 1. The number of nitrogens with zero attached hydrogens (tertiary/aromatic N) is 6. The maximum absolute atomic E-state index is 12.2. The molecule has 1 amide bonds. The van der Waals surface area contributed by atoms with E-state index < -0.39 is 0 Å². The van der Waals surface area contributed by atoms with Gasteiger partial charge in [0.1, 0.15) is 12.0 Å². The van der Waals surface area contributed by atoms with E-state index in [1.165, 1.54) is 6.33 Å². The summed E-state index contributed by atoms with van der Waals surface area (Å²) in [5.74, 6) is 1.65. The fraction of sp³-hybridized carbons (Fsp3) is 0.368. The Morgan fingerprint density at radius 2 is 1.93 bits per heavy atom. The zero-order chi connectivity index (χ0) is 19.8. The topological polar surface area (TPSA) is 133 Å². The smallest absolute Gasteiger partial charge is 0.245 e. The van der Waals surface area contributed by atoms with Crippen LogP contribution in [0.4, 0.5) is 11.6 Å². The van der Waals surface area contributed by atoms with Gasteiger partial charge in [0.15, 0.2) is 17.5 Å². The Balaban J connectivity index is 0.00000218. The van der Waals surface area contributed by atoms with Gasteiger partial charge in [-0.1, -0.05) is 0 Å². The molecule has 10 heteroatoms. The van der Waals surface area contributed by atoms with Crippen LogP contribution in [0.25, 0.3) is 22.8 Å². The Hall–Kier alpha value is -3.40. The summed E-state index contributed by atoms with van der Waals surface area (Å²) in [5.41, 5.74) is 2.18. The van der Waals surface area contributed by atoms with Crippen molar-refractivity contribution < 1.29 is 11.3 Å². The molecular weight excluding hydrogens is 372 g/mol. The van der Waals surface area contributed by atoms with Gasteiger partial charge in [0.05, 0.1) is 24.5 Å². The largest absolute Gasteiger partial charge is 0.393 e. The number of aromatic nitrogens is 6. The Bertz CT molecular complexity index is 1020. The Morgan fingerprint density at radius 1 is 1.07 bits per heavy atom. The average Bonchev–Trinajstić information content (AvgIpc) is 3.29. The SMILES string of the molecule is O=C1CN(C2CCC(O)CC2)c2nc(-c3ccc(-c4ncn[nH]4)nc3)cnc2N1.[HH]. The molecule has 1 saturated carbocycles. The van der Waals surface area contributed by atoms with E-state index in [4.69, 9.17) is 4.98 Å². The molecule has 5 rings (SSSR count). The first-order chi connectivity index (χ1) is 14.2. The predicted octanol–water partition coefficient (Wildman–Crippen LogP) is 1.63. The lowest BCUT2D eigenvalue weighted by atomic mass is 9.91. The van der Waals surface area contributed by atoms with E-state index in [0.717, 1.165) is 31.2 Å². The number of aliphatic hydroxyl groups is 1. The van der Waals surface area contributed by atoms with Crippen LogP contribution >= 0.6 is 0 Å². The number of carbonyl (C=O) groups excluding carboxylic acids is 1. The first-order valence-electron chi connectivity index (χ1n) is 9.61. The molecule has 3 N–H and O–H groups in total. The lowest BCUT2D eigenvalue weighted by Crippen LogP contribution is -2.47. The first kappa shape index (κ1) is 17.7. The van der Waals surface area contributed by atoms with Gasteiger partial charge in [0, 0.05) is 19.2 Å². The molecule has 0 radical (unpaired) electrons. The van der Waals surface area contributed by atoms with Gasteiger partial charge in [0.25, 0.3) is 0 Å². The van der Waals surface area contributed by atoms with E-state index in [2.05, 4.69) is 30.5 Å². The molecule has 0 saturated heterocycles. The zero-order valence-corrected chi connectivity index (χ0v) is 15.6. The second-order valence-corrected chi connectivity index (χ2v) is 7.33. The summed E-state index contributed by atoms with van der Waals surface area (Å²) in [6, 6.07) is 3.92. The zero-order valence-electron chi connectivity index (χ0n) is 15.6. The second kappa shape index (κ2) is 7.21. The third-order valence-corrected chi connectivity index (χ3v) is 5.42. The molecule has 0 bridgehead atoms. The lowest BCUT2D eigenvalue weighted by molar-refractivity contribution is -0.115. The van der Waals surface area contributed by atoms with Crippen molar-refractivity contribution in [3.63, 3.8) is 0 Å². The third kappa shape index (κ3) is 3.42. The molecule has 150 valence electrons. The fourth-order valence-corrected chi connectivity index (χ4v) is 3.89. The average molecular weight is 394 g/mol. The quantitative estimate of drug-likeness (QED) is 0.610. The summed E-state index contributed by atoms with van der Waals surface area (Å²) in [7, 11) is 0. The van der Waals surface area contributed by atoms with Crippen molar-refractivity contribution in [2.24, 2.45) is 0 Å². The van der Waals surface area contributed by atoms with Crippen LogP contribution in [0.1, 0.15) is 27.1 Å². The Kier molecular flexibility index (Phi) is 4.39. The summed E-state index contributed by atoms with van der Waals surface area (Å²) < 4.78 is 0. The van der Waals surface area contributed by atoms with E-state index in [1.54, 1.807) is 12.4 Å². The van der Waals surface area contributed by atoms with Crippen molar-refractivity contribution in [2.75, 3.05) is 16.8 Å². The maximum atomic E-state index is 12.2. The predicted molar refractivity (Wildman–Crippen MR) is 107 cm³/mol. The number of hydrogen-bond donors (Lipinski definition) is 3. The van der Waals surface area contributed by atoms with Gasteiger partial charge in [0.2, 0.25) is 5.91 Å². The number of aliphatic hydroxyl groups excluding tert-OH is 1. The van der Waals surface area contributed by atoms with Crippen LogP contribution in [0.2, 0.25) is 0 Å². The van der Waals surface area contributed by atoms with Crippen molar-refractivity contribution in [3.05, 3.63) is 30.9 Å². The molecule has 1 fully saturated rings. The van der Waals surface area contributed by atoms with Crippen molar-refractivity contribution in [2.45, 2.75) is 37.8 Å². The molecule has 0 unspecified atom stereocenters. The fourth-order valence-electron chi connectivity index (χ4n) is 3.89. The van der Waals surface area contributed by atoms with Crippen molar-refractivity contribution in [1.82, 2.24) is 30.1 Å². The number of anilines is 2. The monoisotopic (exact) mass is 394 g/mol. The molecule has 4 heterocycles. The minimum absolute atomic E-state index is 0. The number of aromatic amines is 1. The van der Waals surface area contributed by atoms with Gasteiger partial charge in [-0.15, -0.1) is 0 Å². The number of fused-ring (bicyclic) bond motifs is 1. The highest BCUT2D eigenvalue weighted by atomic mass is 16.3. The number of hydrogen-bond acceptors (Lipinski definition) is 8. The molecule has 10 nitrogen and oxygen atoms in total. The molecule has 0 aromatic carbocycles. The lowest BCUT2D eigenvalue weighted by Gasteiger charge is -2.38. The van der Waals surface area contributed by atoms with Crippen LogP contribution in [0.3, 0.4) is 0 Å². The summed E-state index contributed by atoms with van der Waals surface area (Å²) >= 11 is 0. The van der Waals surface area contributed by atoms with Crippen LogP contribution < -0.4 is 10.2 Å². The maximum Gasteiger partial charge on any atom is 0.245 e. The van der Waals surface area contributed by atoms with Crippen LogP contribution in [-0.2, 0) is 4.79 Å². The van der Waals surface area contributed by atoms with Crippen LogP contribution in [-0.4, -0.2) is 59.8 Å². The summed E-state index contributed by atoms with van der Waals surface area (Å²) in [6.07, 6.45) is 7.66. The van der Waals surface area contributed by atoms with Gasteiger partial charge in [-0.25, -0.2) is 15.0 Å². The Morgan fingerprint density at radius 3 is 2.66 bits per heavy atom. The molecule has 1 aliphatic carbocycles. The van der Waals surface area contributed by atoms with Gasteiger partial charge in [-0.3, -0.25) is 14.9 Å². The number of carbonyl (C=O) groups is 1. The van der Waals surface area contributed by atoms with Crippen molar-refractivity contribution in [3.8, 4) is 22.8 Å². The molecule has 0 atom stereocenters. The minimum atomic E-state index is -0.254. The van der Waals surface area contributed by atoms with Crippen LogP contribution in [0, 0.1) is 0 Å². The van der Waals surface area contributed by atoms with Gasteiger partial charge in [-0.2, -0.15) is 5.10 Å². The molecule has 29 heavy (non-hydrogen) atoms. The van der Waals surface area contributed by atoms with Gasteiger partial charge in [-0.05, 0) is 37.8 Å². The number of amides is 1. The highest BCUT2D eigenvalue weighted by molar-refractivity contribution is 5.99. The van der Waals surface area contributed by atoms with E-state index in [-0.39, 0.29) is 26.0 Å². The highest BCUT2D eigenvalue weighted by Gasteiger charge is 2.32. The second-order valence-electron chi connectivity index (χ2n) is 7.33. The van der Waals surface area contributed by atoms with Crippen LogP contribution in [0.5, 0.6) is 0 Å². The van der Waals surface area contributed by atoms with Crippen LogP contribution in [0.15, 0.2) is 30.9 Å².